The van der Waals surface area contributed by atoms with E-state index in [-0.39, 0.29) is 0 Å². The molecule has 0 fully saturated rings. The fraction of sp³-hybridized carbons (Fsp3) is 0.214. The van der Waals surface area contributed by atoms with E-state index in [0.717, 1.165) is 11.1 Å². The molecule has 0 saturated carbocycles. The maximum atomic E-state index is 8.87. The molecule has 1 aromatic carbocycles. The van der Waals surface area contributed by atoms with Crippen molar-refractivity contribution in [3.05, 3.63) is 40.0 Å². The van der Waals surface area contributed by atoms with Crippen LogP contribution in [-0.4, -0.2) is 17.3 Å². The molecule has 0 aliphatic heterocycles. The SMILES string of the molecule is COc1cc(C#N)ccc1Oc1nnc(Cl)c(C)c1C. The zero-order valence-electron chi connectivity index (χ0n) is 11.3. The van der Waals surface area contributed by atoms with Crippen LogP contribution in [0.1, 0.15) is 16.7 Å². The fourth-order valence-electron chi connectivity index (χ4n) is 1.58. The van der Waals surface area contributed by atoms with Crippen LogP contribution in [0.2, 0.25) is 5.15 Å². The van der Waals surface area contributed by atoms with Crippen LogP contribution >= 0.6 is 11.6 Å². The van der Waals surface area contributed by atoms with E-state index in [1.807, 2.05) is 19.9 Å². The summed E-state index contributed by atoms with van der Waals surface area (Å²) in [6, 6.07) is 6.94. The van der Waals surface area contributed by atoms with E-state index in [2.05, 4.69) is 10.2 Å². The monoisotopic (exact) mass is 289 g/mol. The highest BCUT2D eigenvalue weighted by atomic mass is 35.5. The lowest BCUT2D eigenvalue weighted by molar-refractivity contribution is 0.371. The Morgan fingerprint density at radius 1 is 1.15 bits per heavy atom. The van der Waals surface area contributed by atoms with E-state index in [1.54, 1.807) is 18.2 Å². The number of halogens is 1. The third-order valence-electron chi connectivity index (χ3n) is 2.92. The Morgan fingerprint density at radius 3 is 2.55 bits per heavy atom. The van der Waals surface area contributed by atoms with Crippen molar-refractivity contribution in [2.24, 2.45) is 0 Å². The minimum atomic E-state index is 0.349. The molecule has 1 heterocycles. The van der Waals surface area contributed by atoms with Crippen molar-refractivity contribution in [3.63, 3.8) is 0 Å². The summed E-state index contributed by atoms with van der Waals surface area (Å²) in [5, 5.41) is 17.0. The Morgan fingerprint density at radius 2 is 1.90 bits per heavy atom. The van der Waals surface area contributed by atoms with Crippen LogP contribution in [0.15, 0.2) is 18.2 Å². The van der Waals surface area contributed by atoms with Crippen LogP contribution in [0.25, 0.3) is 0 Å². The summed E-state index contributed by atoms with van der Waals surface area (Å²) in [7, 11) is 1.51. The molecule has 0 N–H and O–H groups in total. The lowest BCUT2D eigenvalue weighted by Gasteiger charge is -2.12. The number of nitriles is 1. The molecule has 1 aromatic heterocycles. The highest BCUT2D eigenvalue weighted by Gasteiger charge is 2.13. The molecular weight excluding hydrogens is 278 g/mol. The Hall–Kier alpha value is -2.32. The summed E-state index contributed by atoms with van der Waals surface area (Å²) in [4.78, 5) is 0. The van der Waals surface area contributed by atoms with E-state index < -0.39 is 0 Å². The van der Waals surface area contributed by atoms with Crippen LogP contribution in [0, 0.1) is 25.2 Å². The summed E-state index contributed by atoms with van der Waals surface area (Å²) >= 11 is 5.90. The van der Waals surface area contributed by atoms with Crippen molar-refractivity contribution >= 4 is 11.6 Å². The molecule has 0 radical (unpaired) electrons. The van der Waals surface area contributed by atoms with E-state index in [1.165, 1.54) is 7.11 Å². The van der Waals surface area contributed by atoms with Crippen molar-refractivity contribution in [2.45, 2.75) is 13.8 Å². The number of nitrogens with zero attached hydrogens (tertiary/aromatic N) is 3. The van der Waals surface area contributed by atoms with Gasteiger partial charge in [0.2, 0.25) is 5.88 Å². The van der Waals surface area contributed by atoms with Gasteiger partial charge in [-0.2, -0.15) is 5.26 Å². The summed E-state index contributed by atoms with van der Waals surface area (Å²) in [6.07, 6.45) is 0. The van der Waals surface area contributed by atoms with Gasteiger partial charge in [0.15, 0.2) is 16.7 Å². The van der Waals surface area contributed by atoms with Gasteiger partial charge in [-0.25, -0.2) is 0 Å². The molecule has 102 valence electrons. The minimum Gasteiger partial charge on any atom is -0.493 e. The van der Waals surface area contributed by atoms with Crippen molar-refractivity contribution in [1.82, 2.24) is 10.2 Å². The molecule has 6 heteroatoms. The summed E-state index contributed by atoms with van der Waals surface area (Å²) in [6.45, 7) is 3.69. The zero-order chi connectivity index (χ0) is 14.7. The topological polar surface area (TPSA) is 68.0 Å². The standard InChI is InChI=1S/C14H12ClN3O2/c1-8-9(2)14(18-17-13(8)15)20-11-5-4-10(7-16)6-12(11)19-3/h4-6H,1-3H3. The largest absolute Gasteiger partial charge is 0.493 e. The highest BCUT2D eigenvalue weighted by Crippen LogP contribution is 2.33. The lowest BCUT2D eigenvalue weighted by atomic mass is 10.2. The first-order valence-electron chi connectivity index (χ1n) is 5.82. The number of benzene rings is 1. The molecule has 20 heavy (non-hydrogen) atoms. The second-order valence-electron chi connectivity index (χ2n) is 4.13. The maximum Gasteiger partial charge on any atom is 0.242 e. The Kier molecular flexibility index (Phi) is 4.06. The molecule has 0 spiro atoms. The van der Waals surface area contributed by atoms with Crippen molar-refractivity contribution < 1.29 is 9.47 Å². The van der Waals surface area contributed by atoms with Gasteiger partial charge in [0.05, 0.1) is 18.7 Å². The molecule has 0 atom stereocenters. The van der Waals surface area contributed by atoms with Gasteiger partial charge < -0.3 is 9.47 Å². The number of methoxy groups -OCH3 is 1. The fourth-order valence-corrected chi connectivity index (χ4v) is 1.76. The van der Waals surface area contributed by atoms with E-state index in [9.17, 15) is 0 Å². The second kappa shape index (κ2) is 5.76. The third kappa shape index (κ3) is 2.65. The van der Waals surface area contributed by atoms with Gasteiger partial charge in [-0.15, -0.1) is 10.2 Å². The second-order valence-corrected chi connectivity index (χ2v) is 4.48. The summed E-state index contributed by atoms with van der Waals surface area (Å²) < 4.78 is 10.9. The molecule has 5 nitrogen and oxygen atoms in total. The molecule has 0 bridgehead atoms. The molecule has 2 rings (SSSR count). The van der Waals surface area contributed by atoms with Gasteiger partial charge in [0.25, 0.3) is 0 Å². The predicted molar refractivity (Wildman–Crippen MR) is 74.3 cm³/mol. The van der Waals surface area contributed by atoms with Crippen molar-refractivity contribution in [2.75, 3.05) is 7.11 Å². The molecule has 0 saturated heterocycles. The van der Waals surface area contributed by atoms with Gasteiger partial charge in [0.1, 0.15) is 0 Å². The number of rotatable bonds is 3. The molecule has 0 unspecified atom stereocenters. The van der Waals surface area contributed by atoms with E-state index >= 15 is 0 Å². The van der Waals surface area contributed by atoms with Crippen LogP contribution in [-0.2, 0) is 0 Å². The minimum absolute atomic E-state index is 0.349. The first-order valence-corrected chi connectivity index (χ1v) is 6.20. The number of hydrogen-bond donors (Lipinski definition) is 0. The molecular formula is C14H12ClN3O2. The number of ether oxygens (including phenoxy) is 2. The van der Waals surface area contributed by atoms with E-state index in [0.29, 0.717) is 28.1 Å². The average Bonchev–Trinajstić information content (AvgIpc) is 2.48. The lowest BCUT2D eigenvalue weighted by Crippen LogP contribution is -1.99. The Bertz CT molecular complexity index is 696. The molecule has 0 amide bonds. The van der Waals surface area contributed by atoms with Gasteiger partial charge in [-0.3, -0.25) is 0 Å². The van der Waals surface area contributed by atoms with Crippen LogP contribution in [0.5, 0.6) is 17.4 Å². The van der Waals surface area contributed by atoms with Gasteiger partial charge in [-0.1, -0.05) is 11.6 Å². The number of hydrogen-bond acceptors (Lipinski definition) is 5. The summed E-state index contributed by atoms with van der Waals surface area (Å²) in [5.74, 6) is 1.28. The Labute approximate surface area is 121 Å². The number of aromatic nitrogens is 2. The van der Waals surface area contributed by atoms with Crippen LogP contribution in [0.3, 0.4) is 0 Å². The van der Waals surface area contributed by atoms with E-state index in [4.69, 9.17) is 26.3 Å². The Balaban J connectivity index is 2.40. The smallest absolute Gasteiger partial charge is 0.242 e. The normalized spacial score (nSPS) is 9.95. The van der Waals surface area contributed by atoms with Gasteiger partial charge in [0, 0.05) is 11.6 Å². The van der Waals surface area contributed by atoms with Gasteiger partial charge >= 0.3 is 0 Å². The third-order valence-corrected chi connectivity index (χ3v) is 3.28. The van der Waals surface area contributed by atoms with Crippen molar-refractivity contribution in [1.29, 1.82) is 5.26 Å². The first-order chi connectivity index (χ1) is 9.56. The quantitative estimate of drug-likeness (QED) is 0.866. The average molecular weight is 290 g/mol. The summed E-state index contributed by atoms with van der Waals surface area (Å²) in [5.41, 5.74) is 2.10. The van der Waals surface area contributed by atoms with Gasteiger partial charge in [-0.05, 0) is 31.5 Å². The van der Waals surface area contributed by atoms with Crippen molar-refractivity contribution in [3.8, 4) is 23.4 Å². The molecule has 0 aliphatic carbocycles. The van der Waals surface area contributed by atoms with Crippen LogP contribution < -0.4 is 9.47 Å². The predicted octanol–water partition coefficient (Wildman–Crippen LogP) is 3.42. The molecule has 2 aromatic rings. The first kappa shape index (κ1) is 14.1. The molecule has 0 aliphatic rings. The highest BCUT2D eigenvalue weighted by molar-refractivity contribution is 6.30. The zero-order valence-corrected chi connectivity index (χ0v) is 12.0. The maximum absolute atomic E-state index is 8.87. The van der Waals surface area contributed by atoms with Crippen LogP contribution in [0.4, 0.5) is 0 Å².